The van der Waals surface area contributed by atoms with Crippen LogP contribution in [0.2, 0.25) is 5.02 Å². The van der Waals surface area contributed by atoms with Crippen molar-refractivity contribution >= 4 is 17.5 Å². The van der Waals surface area contributed by atoms with E-state index in [4.69, 9.17) is 16.7 Å². The summed E-state index contributed by atoms with van der Waals surface area (Å²) in [5.74, 6) is 0.0345. The molecule has 1 aliphatic heterocycles. The van der Waals surface area contributed by atoms with Crippen LogP contribution in [-0.4, -0.2) is 40.7 Å². The number of benzene rings is 1. The van der Waals surface area contributed by atoms with Crippen LogP contribution >= 0.6 is 11.6 Å². The fraction of sp³-hybridized carbons (Fsp3) is 0.417. The highest BCUT2D eigenvalue weighted by Gasteiger charge is 2.26. The molecule has 0 radical (unpaired) electrons. The molecule has 0 saturated carbocycles. The second-order valence-corrected chi connectivity index (χ2v) is 4.66. The lowest BCUT2D eigenvalue weighted by atomic mass is 10.1. The highest BCUT2D eigenvalue weighted by atomic mass is 35.5. The van der Waals surface area contributed by atoms with Crippen LogP contribution in [-0.2, 0) is 0 Å². The Balaban J connectivity index is 2.12. The van der Waals surface area contributed by atoms with Gasteiger partial charge < -0.3 is 15.1 Å². The van der Waals surface area contributed by atoms with Gasteiger partial charge in [0.1, 0.15) is 5.75 Å². The molecule has 0 aliphatic carbocycles. The Morgan fingerprint density at radius 1 is 1.53 bits per heavy atom. The molecule has 1 fully saturated rings. The Morgan fingerprint density at radius 3 is 2.88 bits per heavy atom. The zero-order valence-corrected chi connectivity index (χ0v) is 10.0. The number of likely N-dealkylation sites (tertiary alicyclic amines) is 1. The van der Waals surface area contributed by atoms with Crippen molar-refractivity contribution in [2.75, 3.05) is 19.7 Å². The summed E-state index contributed by atoms with van der Waals surface area (Å²) in [4.78, 5) is 13.8. The first kappa shape index (κ1) is 12.2. The lowest BCUT2D eigenvalue weighted by Gasteiger charge is -2.16. The van der Waals surface area contributed by atoms with E-state index in [1.165, 1.54) is 12.1 Å². The number of halogens is 1. The average molecular weight is 256 g/mol. The predicted octanol–water partition coefficient (Wildman–Crippen LogP) is 1.50. The molecule has 1 aromatic carbocycles. The first-order valence-electron chi connectivity index (χ1n) is 5.50. The Morgan fingerprint density at radius 2 is 2.29 bits per heavy atom. The van der Waals surface area contributed by atoms with Gasteiger partial charge in [-0.3, -0.25) is 4.79 Å². The van der Waals surface area contributed by atoms with Gasteiger partial charge in [-0.05, 0) is 24.6 Å². The van der Waals surface area contributed by atoms with Gasteiger partial charge in [-0.15, -0.1) is 0 Å². The van der Waals surface area contributed by atoms with Crippen molar-refractivity contribution in [3.05, 3.63) is 28.8 Å². The van der Waals surface area contributed by atoms with Crippen molar-refractivity contribution in [1.29, 1.82) is 0 Å². The molecule has 92 valence electrons. The first-order chi connectivity index (χ1) is 8.11. The summed E-state index contributed by atoms with van der Waals surface area (Å²) in [5, 5.41) is 18.5. The van der Waals surface area contributed by atoms with E-state index in [1.807, 2.05) is 0 Å². The molecule has 1 saturated heterocycles. The van der Waals surface area contributed by atoms with Crippen LogP contribution in [0.3, 0.4) is 0 Å². The Bertz CT molecular complexity index is 436. The number of aromatic hydroxyl groups is 1. The summed E-state index contributed by atoms with van der Waals surface area (Å²) < 4.78 is 0. The van der Waals surface area contributed by atoms with E-state index in [0.717, 1.165) is 6.42 Å². The Kier molecular flexibility index (Phi) is 3.54. The van der Waals surface area contributed by atoms with Crippen molar-refractivity contribution in [3.63, 3.8) is 0 Å². The highest BCUT2D eigenvalue weighted by Crippen LogP contribution is 2.25. The molecule has 2 N–H and O–H groups in total. The van der Waals surface area contributed by atoms with Crippen LogP contribution in [0.4, 0.5) is 0 Å². The van der Waals surface area contributed by atoms with Crippen molar-refractivity contribution < 1.29 is 15.0 Å². The van der Waals surface area contributed by atoms with Crippen molar-refractivity contribution in [2.24, 2.45) is 5.92 Å². The average Bonchev–Trinajstić information content (AvgIpc) is 2.80. The third-order valence-corrected chi connectivity index (χ3v) is 3.33. The molecule has 1 aromatic rings. The van der Waals surface area contributed by atoms with E-state index in [2.05, 4.69) is 0 Å². The molecule has 4 nitrogen and oxygen atoms in total. The topological polar surface area (TPSA) is 60.8 Å². The van der Waals surface area contributed by atoms with Gasteiger partial charge in [0, 0.05) is 31.2 Å². The molecule has 1 unspecified atom stereocenters. The summed E-state index contributed by atoms with van der Waals surface area (Å²) in [6.07, 6.45) is 0.827. The number of rotatable bonds is 2. The maximum Gasteiger partial charge on any atom is 0.253 e. The quantitative estimate of drug-likeness (QED) is 0.842. The molecule has 5 heteroatoms. The molecular weight excluding hydrogens is 242 g/mol. The maximum absolute atomic E-state index is 12.1. The smallest absolute Gasteiger partial charge is 0.253 e. The van der Waals surface area contributed by atoms with Crippen LogP contribution in [0, 0.1) is 5.92 Å². The van der Waals surface area contributed by atoms with Crippen molar-refractivity contribution in [1.82, 2.24) is 4.90 Å². The molecular formula is C12H14ClNO3. The molecule has 1 heterocycles. The summed E-state index contributed by atoms with van der Waals surface area (Å²) in [6.45, 7) is 1.34. The van der Waals surface area contributed by atoms with Crippen LogP contribution < -0.4 is 0 Å². The predicted molar refractivity (Wildman–Crippen MR) is 64.2 cm³/mol. The Hall–Kier alpha value is -1.26. The molecule has 0 aromatic heterocycles. The largest absolute Gasteiger partial charge is 0.506 e. The van der Waals surface area contributed by atoms with Crippen LogP contribution in [0.25, 0.3) is 0 Å². The summed E-state index contributed by atoms with van der Waals surface area (Å²) in [6, 6.07) is 4.43. The van der Waals surface area contributed by atoms with Crippen LogP contribution in [0.1, 0.15) is 16.8 Å². The number of amides is 1. The summed E-state index contributed by atoms with van der Waals surface area (Å²) in [7, 11) is 0. The van der Waals surface area contributed by atoms with Gasteiger partial charge in [0.25, 0.3) is 5.91 Å². The van der Waals surface area contributed by atoms with Gasteiger partial charge in [0.2, 0.25) is 0 Å². The number of phenols is 1. The number of carbonyl (C=O) groups is 1. The Labute approximate surface area is 104 Å². The zero-order valence-electron chi connectivity index (χ0n) is 9.27. The maximum atomic E-state index is 12.1. The number of hydrogen-bond acceptors (Lipinski definition) is 3. The van der Waals surface area contributed by atoms with E-state index in [9.17, 15) is 9.90 Å². The SMILES string of the molecule is O=C(c1ccc(O)c(Cl)c1)N1CCC(CO)C1. The minimum absolute atomic E-state index is 0.0297. The second-order valence-electron chi connectivity index (χ2n) is 4.25. The minimum Gasteiger partial charge on any atom is -0.506 e. The molecule has 1 amide bonds. The van der Waals surface area contributed by atoms with Gasteiger partial charge in [-0.25, -0.2) is 0 Å². The monoisotopic (exact) mass is 255 g/mol. The number of hydrogen-bond donors (Lipinski definition) is 2. The van der Waals surface area contributed by atoms with Crippen LogP contribution in [0.15, 0.2) is 18.2 Å². The van der Waals surface area contributed by atoms with Crippen molar-refractivity contribution in [2.45, 2.75) is 6.42 Å². The lowest BCUT2D eigenvalue weighted by molar-refractivity contribution is 0.0782. The number of aliphatic hydroxyl groups excluding tert-OH is 1. The van der Waals surface area contributed by atoms with E-state index < -0.39 is 0 Å². The zero-order chi connectivity index (χ0) is 12.4. The molecule has 1 atom stereocenters. The van der Waals surface area contributed by atoms with E-state index in [1.54, 1.807) is 11.0 Å². The fourth-order valence-electron chi connectivity index (χ4n) is 1.99. The number of carbonyl (C=O) groups excluding carboxylic acids is 1. The molecule has 17 heavy (non-hydrogen) atoms. The van der Waals surface area contributed by atoms with E-state index >= 15 is 0 Å². The van der Waals surface area contributed by atoms with Gasteiger partial charge in [0.15, 0.2) is 0 Å². The lowest BCUT2D eigenvalue weighted by Crippen LogP contribution is -2.29. The van der Waals surface area contributed by atoms with Gasteiger partial charge in [-0.1, -0.05) is 11.6 Å². The first-order valence-corrected chi connectivity index (χ1v) is 5.88. The fourth-order valence-corrected chi connectivity index (χ4v) is 2.17. The standard InChI is InChI=1S/C12H14ClNO3/c13-10-5-9(1-2-11(10)16)12(17)14-4-3-8(6-14)7-15/h1-2,5,8,15-16H,3-4,6-7H2. The molecule has 2 rings (SSSR count). The molecule has 1 aliphatic rings. The van der Waals surface area contributed by atoms with Crippen LogP contribution in [0.5, 0.6) is 5.75 Å². The second kappa shape index (κ2) is 4.94. The van der Waals surface area contributed by atoms with Gasteiger partial charge in [0.05, 0.1) is 5.02 Å². The normalized spacial score (nSPS) is 19.6. The highest BCUT2D eigenvalue weighted by molar-refractivity contribution is 6.32. The minimum atomic E-state index is -0.108. The van der Waals surface area contributed by atoms with Crippen molar-refractivity contribution in [3.8, 4) is 5.75 Å². The van der Waals surface area contributed by atoms with E-state index in [-0.39, 0.29) is 29.2 Å². The molecule has 0 bridgehead atoms. The third kappa shape index (κ3) is 2.53. The van der Waals surface area contributed by atoms with Gasteiger partial charge in [-0.2, -0.15) is 0 Å². The third-order valence-electron chi connectivity index (χ3n) is 3.03. The number of phenolic OH excluding ortho intramolecular Hbond substituents is 1. The molecule has 0 spiro atoms. The van der Waals surface area contributed by atoms with E-state index in [0.29, 0.717) is 18.7 Å². The van der Waals surface area contributed by atoms with Gasteiger partial charge >= 0.3 is 0 Å². The number of nitrogens with zero attached hydrogens (tertiary/aromatic N) is 1. The number of aliphatic hydroxyl groups is 1. The summed E-state index contributed by atoms with van der Waals surface area (Å²) in [5.41, 5.74) is 0.464. The summed E-state index contributed by atoms with van der Waals surface area (Å²) >= 11 is 5.76.